The number of hydrogen-bond acceptors (Lipinski definition) is 4. The monoisotopic (exact) mass is 383 g/mol. The fourth-order valence-electron chi connectivity index (χ4n) is 4.47. The number of rotatable bonds is 6. The number of likely N-dealkylation sites (tertiary alicyclic amines) is 1. The first-order chi connectivity index (χ1) is 13.6. The fraction of sp³-hybridized carbons (Fsp3) is 0.571. The number of aromatic nitrogens is 2. The van der Waals surface area contributed by atoms with Gasteiger partial charge in [-0.15, -0.1) is 0 Å². The second-order valence-corrected chi connectivity index (χ2v) is 8.22. The molecule has 150 valence electrons. The predicted molar refractivity (Wildman–Crippen MR) is 108 cm³/mol. The lowest BCUT2D eigenvalue weighted by Gasteiger charge is -2.21. The van der Waals surface area contributed by atoms with Gasteiger partial charge in [-0.1, -0.05) is 31.0 Å². The van der Waals surface area contributed by atoms with Crippen LogP contribution in [0.1, 0.15) is 49.5 Å². The lowest BCUT2D eigenvalue weighted by Crippen LogP contribution is -2.48. The minimum absolute atomic E-state index is 0.138. The maximum absolute atomic E-state index is 12.5. The third-order valence-electron chi connectivity index (χ3n) is 6.04. The highest BCUT2D eigenvalue weighted by atomic mass is 16.2. The summed E-state index contributed by atoms with van der Waals surface area (Å²) in [5.41, 5.74) is 1.12. The molecule has 2 heterocycles. The van der Waals surface area contributed by atoms with Crippen molar-refractivity contribution in [3.63, 3.8) is 0 Å². The molecular weight excluding hydrogens is 354 g/mol. The van der Waals surface area contributed by atoms with Crippen LogP contribution in [-0.4, -0.2) is 58.6 Å². The Bertz CT molecular complexity index is 842. The Kier molecular flexibility index (Phi) is 5.62. The van der Waals surface area contributed by atoms with Gasteiger partial charge in [0.2, 0.25) is 5.91 Å². The van der Waals surface area contributed by atoms with E-state index in [4.69, 9.17) is 0 Å². The number of H-pyrrole nitrogens is 1. The molecule has 0 spiro atoms. The van der Waals surface area contributed by atoms with E-state index in [0.717, 1.165) is 42.9 Å². The van der Waals surface area contributed by atoms with Crippen molar-refractivity contribution in [1.82, 2.24) is 25.7 Å². The number of carbonyl (C=O) groups is 2. The number of nitrogens with one attached hydrogen (secondary N) is 3. The number of nitrogens with zero attached hydrogens (tertiary/aromatic N) is 2. The summed E-state index contributed by atoms with van der Waals surface area (Å²) in [5, 5.41) is 13.6. The third-order valence-corrected chi connectivity index (χ3v) is 6.04. The Balaban J connectivity index is 1.27. The van der Waals surface area contributed by atoms with E-state index in [1.54, 1.807) is 6.92 Å². The molecule has 0 bridgehead atoms. The number of carbonyl (C=O) groups excluding carboxylic acids is 2. The van der Waals surface area contributed by atoms with Gasteiger partial charge in [-0.25, -0.2) is 0 Å². The summed E-state index contributed by atoms with van der Waals surface area (Å²) < 4.78 is 0. The van der Waals surface area contributed by atoms with Crippen LogP contribution in [0, 0.1) is 5.92 Å². The minimum Gasteiger partial charge on any atom is -0.350 e. The standard InChI is InChI=1S/C21H29N5O2/c1-14(22-21(28)19-17-8-4-5-9-18(17)24-25-19)20(27)23-16-10-11-26(13-16)12-15-6-2-3-7-15/h4-5,8-9,14-16H,2-3,6-7,10-13H2,1H3,(H,22,28)(H,23,27)(H,24,25). The Hall–Kier alpha value is -2.41. The largest absolute Gasteiger partial charge is 0.350 e. The van der Waals surface area contributed by atoms with E-state index in [0.29, 0.717) is 5.69 Å². The van der Waals surface area contributed by atoms with Gasteiger partial charge in [0.05, 0.1) is 5.52 Å². The Morgan fingerprint density at radius 3 is 2.86 bits per heavy atom. The number of hydrogen-bond donors (Lipinski definition) is 3. The Labute approximate surface area is 165 Å². The molecule has 0 radical (unpaired) electrons. The lowest BCUT2D eigenvalue weighted by molar-refractivity contribution is -0.123. The molecule has 1 aromatic heterocycles. The highest BCUT2D eigenvalue weighted by Gasteiger charge is 2.28. The summed E-state index contributed by atoms with van der Waals surface area (Å²) in [6, 6.07) is 7.02. The van der Waals surface area contributed by atoms with Gasteiger partial charge >= 0.3 is 0 Å². The molecule has 1 saturated heterocycles. The van der Waals surface area contributed by atoms with Crippen molar-refractivity contribution in [3.05, 3.63) is 30.0 Å². The predicted octanol–water partition coefficient (Wildman–Crippen LogP) is 2.06. The molecule has 2 amide bonds. The second kappa shape index (κ2) is 8.31. The molecule has 7 nitrogen and oxygen atoms in total. The highest BCUT2D eigenvalue weighted by molar-refractivity contribution is 6.05. The molecular formula is C21H29N5O2. The molecule has 2 aliphatic rings. The summed E-state index contributed by atoms with van der Waals surface area (Å²) in [5.74, 6) is 0.353. The molecule has 1 aliphatic carbocycles. The van der Waals surface area contributed by atoms with Crippen LogP contribution in [0.4, 0.5) is 0 Å². The van der Waals surface area contributed by atoms with Crippen molar-refractivity contribution >= 4 is 22.7 Å². The highest BCUT2D eigenvalue weighted by Crippen LogP contribution is 2.26. The topological polar surface area (TPSA) is 90.1 Å². The fourth-order valence-corrected chi connectivity index (χ4v) is 4.47. The van der Waals surface area contributed by atoms with Crippen LogP contribution in [0.3, 0.4) is 0 Å². The van der Waals surface area contributed by atoms with Crippen molar-refractivity contribution in [2.24, 2.45) is 5.92 Å². The van der Waals surface area contributed by atoms with Gasteiger partial charge < -0.3 is 15.5 Å². The van der Waals surface area contributed by atoms with E-state index >= 15 is 0 Å². The molecule has 2 atom stereocenters. The number of benzene rings is 1. The maximum Gasteiger partial charge on any atom is 0.273 e. The van der Waals surface area contributed by atoms with Gasteiger partial charge in [0, 0.05) is 31.1 Å². The van der Waals surface area contributed by atoms with Crippen LogP contribution in [0.25, 0.3) is 10.9 Å². The molecule has 1 aliphatic heterocycles. The zero-order valence-corrected chi connectivity index (χ0v) is 16.4. The summed E-state index contributed by atoms with van der Waals surface area (Å²) in [4.78, 5) is 27.6. The van der Waals surface area contributed by atoms with Gasteiger partial charge in [0.1, 0.15) is 6.04 Å². The average Bonchev–Trinajstić information content (AvgIpc) is 3.43. The SMILES string of the molecule is CC(NC(=O)c1n[nH]c2ccccc12)C(=O)NC1CCN(CC2CCCC2)C1. The van der Waals surface area contributed by atoms with E-state index in [-0.39, 0.29) is 17.9 Å². The van der Waals surface area contributed by atoms with E-state index in [1.807, 2.05) is 24.3 Å². The van der Waals surface area contributed by atoms with E-state index in [9.17, 15) is 9.59 Å². The van der Waals surface area contributed by atoms with Crippen molar-refractivity contribution in [1.29, 1.82) is 0 Å². The van der Waals surface area contributed by atoms with E-state index in [1.165, 1.54) is 25.7 Å². The minimum atomic E-state index is -0.605. The third kappa shape index (κ3) is 4.19. The quantitative estimate of drug-likeness (QED) is 0.712. The van der Waals surface area contributed by atoms with Crippen LogP contribution < -0.4 is 10.6 Å². The summed E-state index contributed by atoms with van der Waals surface area (Å²) in [6.07, 6.45) is 6.39. The van der Waals surface area contributed by atoms with Crippen LogP contribution in [0.5, 0.6) is 0 Å². The normalized spacial score (nSPS) is 21.8. The van der Waals surface area contributed by atoms with Crippen LogP contribution in [0.15, 0.2) is 24.3 Å². The van der Waals surface area contributed by atoms with Crippen molar-refractivity contribution in [3.8, 4) is 0 Å². The number of fused-ring (bicyclic) bond motifs is 1. The summed E-state index contributed by atoms with van der Waals surface area (Å²) in [6.45, 7) is 4.83. The molecule has 1 saturated carbocycles. The van der Waals surface area contributed by atoms with Gasteiger partial charge in [0.25, 0.3) is 5.91 Å². The molecule has 2 aromatic rings. The maximum atomic E-state index is 12.5. The second-order valence-electron chi connectivity index (χ2n) is 8.22. The van der Waals surface area contributed by atoms with Gasteiger partial charge in [-0.05, 0) is 38.2 Å². The average molecular weight is 383 g/mol. The van der Waals surface area contributed by atoms with Crippen LogP contribution >= 0.6 is 0 Å². The number of para-hydroxylation sites is 1. The van der Waals surface area contributed by atoms with Crippen LogP contribution in [0.2, 0.25) is 0 Å². The Morgan fingerprint density at radius 1 is 1.25 bits per heavy atom. The molecule has 2 unspecified atom stereocenters. The Morgan fingerprint density at radius 2 is 2.04 bits per heavy atom. The first-order valence-corrected chi connectivity index (χ1v) is 10.4. The van der Waals surface area contributed by atoms with E-state index in [2.05, 4.69) is 25.7 Å². The first kappa shape index (κ1) is 18.9. The molecule has 1 aromatic carbocycles. The molecule has 3 N–H and O–H groups in total. The molecule has 4 rings (SSSR count). The van der Waals surface area contributed by atoms with Gasteiger partial charge in [0.15, 0.2) is 5.69 Å². The zero-order valence-electron chi connectivity index (χ0n) is 16.4. The van der Waals surface area contributed by atoms with Gasteiger partial charge in [-0.2, -0.15) is 5.10 Å². The lowest BCUT2D eigenvalue weighted by atomic mass is 10.1. The number of amides is 2. The summed E-state index contributed by atoms with van der Waals surface area (Å²) >= 11 is 0. The van der Waals surface area contributed by atoms with Crippen molar-refractivity contribution < 1.29 is 9.59 Å². The molecule has 2 fully saturated rings. The van der Waals surface area contributed by atoms with Gasteiger partial charge in [-0.3, -0.25) is 14.7 Å². The number of aromatic amines is 1. The smallest absolute Gasteiger partial charge is 0.273 e. The first-order valence-electron chi connectivity index (χ1n) is 10.4. The summed E-state index contributed by atoms with van der Waals surface area (Å²) in [7, 11) is 0. The van der Waals surface area contributed by atoms with Crippen LogP contribution in [-0.2, 0) is 4.79 Å². The molecule has 28 heavy (non-hydrogen) atoms. The van der Waals surface area contributed by atoms with Crippen molar-refractivity contribution in [2.45, 2.75) is 51.1 Å². The van der Waals surface area contributed by atoms with Crippen molar-refractivity contribution in [2.75, 3.05) is 19.6 Å². The molecule has 7 heteroatoms. The van der Waals surface area contributed by atoms with E-state index < -0.39 is 6.04 Å². The zero-order chi connectivity index (χ0) is 19.5.